The largest absolute Gasteiger partial charge is 0.490 e. The van der Waals surface area contributed by atoms with Crippen LogP contribution in [0.4, 0.5) is 13.2 Å². The van der Waals surface area contributed by atoms with E-state index in [0.717, 1.165) is 19.4 Å². The third-order valence-electron chi connectivity index (χ3n) is 5.90. The Balaban J connectivity index is 0.000000339. The van der Waals surface area contributed by atoms with Crippen molar-refractivity contribution in [3.05, 3.63) is 30.1 Å². The second-order valence-electron chi connectivity index (χ2n) is 7.92. The number of hydrogen-bond donors (Lipinski definition) is 2. The van der Waals surface area contributed by atoms with Crippen LogP contribution in [-0.2, 0) is 14.3 Å². The molecule has 1 aromatic rings. The Morgan fingerprint density at radius 2 is 1.97 bits per heavy atom. The number of aliphatic carboxylic acids is 1. The molecule has 2 amide bonds. The minimum Gasteiger partial charge on any atom is -0.475 e. The second-order valence-corrected chi connectivity index (χ2v) is 7.92. The van der Waals surface area contributed by atoms with Gasteiger partial charge in [-0.1, -0.05) is 6.42 Å². The average Bonchev–Trinajstić information content (AvgIpc) is 3.26. The molecule has 1 saturated carbocycles. The number of carboxylic acid groups (broad SMARTS) is 1. The van der Waals surface area contributed by atoms with Crippen LogP contribution in [0, 0.1) is 17.8 Å². The Labute approximate surface area is 176 Å². The van der Waals surface area contributed by atoms with Gasteiger partial charge in [-0.25, -0.2) is 4.79 Å². The monoisotopic (exact) mass is 443 g/mol. The van der Waals surface area contributed by atoms with Crippen LogP contribution in [0.3, 0.4) is 0 Å². The summed E-state index contributed by atoms with van der Waals surface area (Å²) < 4.78 is 37.6. The molecule has 1 aliphatic carbocycles. The number of carbonyl (C=O) groups excluding carboxylic acids is 2. The molecule has 3 atom stereocenters. The lowest BCUT2D eigenvalue weighted by Crippen LogP contribution is -2.39. The van der Waals surface area contributed by atoms with Crippen molar-refractivity contribution in [1.82, 2.24) is 15.2 Å². The number of hydrogen-bond acceptors (Lipinski definition) is 5. The minimum absolute atomic E-state index is 0.105. The van der Waals surface area contributed by atoms with Crippen LogP contribution in [-0.4, -0.2) is 71.3 Å². The van der Waals surface area contributed by atoms with Gasteiger partial charge < -0.3 is 20.1 Å². The molecular formula is C20H24F3N3O5. The zero-order valence-corrected chi connectivity index (χ0v) is 16.7. The third kappa shape index (κ3) is 5.72. The Hall–Kier alpha value is -2.69. The van der Waals surface area contributed by atoms with E-state index in [-0.39, 0.29) is 23.8 Å². The highest BCUT2D eigenvalue weighted by Crippen LogP contribution is 2.36. The minimum atomic E-state index is -5.08. The third-order valence-corrected chi connectivity index (χ3v) is 5.90. The average molecular weight is 443 g/mol. The van der Waals surface area contributed by atoms with Gasteiger partial charge in [-0.05, 0) is 25.0 Å². The lowest BCUT2D eigenvalue weighted by atomic mass is 9.84. The Kier molecular flexibility index (Phi) is 7.14. The fourth-order valence-corrected chi connectivity index (χ4v) is 3.93. The van der Waals surface area contributed by atoms with Gasteiger partial charge in [-0.15, -0.1) is 0 Å². The number of nitrogens with zero attached hydrogens (tertiary/aromatic N) is 2. The molecule has 0 spiro atoms. The number of carboxylic acids is 1. The molecule has 0 aromatic carbocycles. The highest BCUT2D eigenvalue weighted by molar-refractivity contribution is 5.93. The van der Waals surface area contributed by atoms with Gasteiger partial charge in [0.25, 0.3) is 5.91 Å². The number of halogens is 3. The molecule has 4 rings (SSSR count). The van der Waals surface area contributed by atoms with Crippen molar-refractivity contribution < 1.29 is 37.4 Å². The zero-order valence-electron chi connectivity index (χ0n) is 16.7. The van der Waals surface area contributed by atoms with Crippen LogP contribution in [0.25, 0.3) is 0 Å². The number of carbonyl (C=O) groups is 3. The van der Waals surface area contributed by atoms with E-state index in [0.29, 0.717) is 37.1 Å². The van der Waals surface area contributed by atoms with Crippen molar-refractivity contribution in [3.8, 4) is 0 Å². The molecule has 170 valence electrons. The van der Waals surface area contributed by atoms with Crippen molar-refractivity contribution >= 4 is 17.8 Å². The van der Waals surface area contributed by atoms with Gasteiger partial charge in [0.15, 0.2) is 0 Å². The predicted octanol–water partition coefficient (Wildman–Crippen LogP) is 1.72. The topological polar surface area (TPSA) is 109 Å². The van der Waals surface area contributed by atoms with Gasteiger partial charge >= 0.3 is 12.1 Å². The van der Waals surface area contributed by atoms with E-state index in [1.54, 1.807) is 24.5 Å². The lowest BCUT2D eigenvalue weighted by molar-refractivity contribution is -0.192. The number of alkyl halides is 3. The number of amides is 2. The summed E-state index contributed by atoms with van der Waals surface area (Å²) in [5.74, 6) is -1.71. The summed E-state index contributed by atoms with van der Waals surface area (Å²) in [5.41, 5.74) is 0.571. The quantitative estimate of drug-likeness (QED) is 0.734. The summed E-state index contributed by atoms with van der Waals surface area (Å²) in [6.45, 7) is 2.73. The highest BCUT2D eigenvalue weighted by atomic mass is 19.4. The normalized spacial score (nSPS) is 25.1. The first-order chi connectivity index (χ1) is 14.7. The van der Waals surface area contributed by atoms with E-state index in [1.165, 1.54) is 6.42 Å². The lowest BCUT2D eigenvalue weighted by Gasteiger charge is -2.29. The number of fused-ring (bicyclic) bond motifs is 1. The summed E-state index contributed by atoms with van der Waals surface area (Å²) in [6, 6.07) is 3.51. The van der Waals surface area contributed by atoms with Crippen molar-refractivity contribution in [2.24, 2.45) is 17.8 Å². The number of pyridine rings is 1. The van der Waals surface area contributed by atoms with E-state index in [2.05, 4.69) is 10.3 Å². The molecule has 2 aliphatic heterocycles. The summed E-state index contributed by atoms with van der Waals surface area (Å²) in [7, 11) is 0. The number of aromatic nitrogens is 1. The van der Waals surface area contributed by atoms with E-state index in [1.807, 2.05) is 4.90 Å². The molecule has 31 heavy (non-hydrogen) atoms. The van der Waals surface area contributed by atoms with Crippen molar-refractivity contribution in [1.29, 1.82) is 0 Å². The molecule has 0 radical (unpaired) electrons. The van der Waals surface area contributed by atoms with E-state index < -0.39 is 12.1 Å². The molecule has 2 N–H and O–H groups in total. The molecule has 1 aromatic heterocycles. The van der Waals surface area contributed by atoms with Gasteiger partial charge in [0.05, 0.1) is 18.3 Å². The SMILES string of the molecule is O=C(NC[C@@H]1CO[C@@H]2CN(C(=O)C3CCC3)C[C@H]12)c1cccnc1.O=C(O)C(F)(F)F. The first-order valence-corrected chi connectivity index (χ1v) is 10.1. The molecule has 3 aliphatic rings. The molecule has 3 heterocycles. The summed E-state index contributed by atoms with van der Waals surface area (Å²) in [4.78, 5) is 39.4. The first kappa shape index (κ1) is 23.0. The maximum absolute atomic E-state index is 12.4. The zero-order chi connectivity index (χ0) is 22.6. The Morgan fingerprint density at radius 3 is 2.52 bits per heavy atom. The van der Waals surface area contributed by atoms with Gasteiger partial charge in [0.1, 0.15) is 0 Å². The molecular weight excluding hydrogens is 419 g/mol. The summed E-state index contributed by atoms with van der Waals surface area (Å²) in [5, 5.41) is 10.1. The molecule has 0 unspecified atom stereocenters. The van der Waals surface area contributed by atoms with Crippen molar-refractivity contribution in [2.45, 2.75) is 31.5 Å². The van der Waals surface area contributed by atoms with Gasteiger partial charge in [0, 0.05) is 49.8 Å². The summed E-state index contributed by atoms with van der Waals surface area (Å²) in [6.07, 6.45) is 1.52. The molecule has 0 bridgehead atoms. The predicted molar refractivity (Wildman–Crippen MR) is 101 cm³/mol. The molecule has 8 nitrogen and oxygen atoms in total. The maximum Gasteiger partial charge on any atom is 0.490 e. The molecule has 2 saturated heterocycles. The van der Waals surface area contributed by atoms with Gasteiger partial charge in [-0.3, -0.25) is 14.6 Å². The van der Waals surface area contributed by atoms with Crippen LogP contribution in [0.15, 0.2) is 24.5 Å². The van der Waals surface area contributed by atoms with E-state index >= 15 is 0 Å². The van der Waals surface area contributed by atoms with Gasteiger partial charge in [-0.2, -0.15) is 13.2 Å². The van der Waals surface area contributed by atoms with E-state index in [9.17, 15) is 22.8 Å². The van der Waals surface area contributed by atoms with Crippen LogP contribution < -0.4 is 5.32 Å². The van der Waals surface area contributed by atoms with Crippen molar-refractivity contribution in [3.63, 3.8) is 0 Å². The standard InChI is InChI=1S/C18H23N3O3.C2HF3O2/c22-17(13-5-2-6-19-7-13)20-8-14-11-24-16-10-21(9-15(14)16)18(23)12-3-1-4-12;3-2(4,5)1(6)7/h2,5-7,12,14-16H,1,3-4,8-11H2,(H,20,22);(H,6,7)/t14-,15-,16-;/m1./s1. The van der Waals surface area contributed by atoms with Crippen LogP contribution in [0.1, 0.15) is 29.6 Å². The fraction of sp³-hybridized carbons (Fsp3) is 0.600. The number of ether oxygens (including phenoxy) is 1. The second kappa shape index (κ2) is 9.63. The highest BCUT2D eigenvalue weighted by Gasteiger charge is 2.46. The van der Waals surface area contributed by atoms with Crippen LogP contribution >= 0.6 is 0 Å². The number of likely N-dealkylation sites (tertiary alicyclic amines) is 1. The van der Waals surface area contributed by atoms with E-state index in [4.69, 9.17) is 14.6 Å². The Bertz CT molecular complexity index is 801. The van der Waals surface area contributed by atoms with Crippen molar-refractivity contribution in [2.75, 3.05) is 26.2 Å². The molecule has 11 heteroatoms. The number of rotatable bonds is 4. The first-order valence-electron chi connectivity index (χ1n) is 10.1. The number of nitrogens with one attached hydrogen (secondary N) is 1. The molecule has 3 fully saturated rings. The van der Waals surface area contributed by atoms with Crippen LogP contribution in [0.5, 0.6) is 0 Å². The van der Waals surface area contributed by atoms with Gasteiger partial charge in [0.2, 0.25) is 5.91 Å². The fourth-order valence-electron chi connectivity index (χ4n) is 3.93. The Morgan fingerprint density at radius 1 is 1.26 bits per heavy atom. The smallest absolute Gasteiger partial charge is 0.475 e. The van der Waals surface area contributed by atoms with Crippen LogP contribution in [0.2, 0.25) is 0 Å². The summed E-state index contributed by atoms with van der Waals surface area (Å²) >= 11 is 0. The maximum atomic E-state index is 12.4.